The Morgan fingerprint density at radius 3 is 2.32 bits per heavy atom. The van der Waals surface area contributed by atoms with Gasteiger partial charge in [0.1, 0.15) is 5.75 Å². The summed E-state index contributed by atoms with van der Waals surface area (Å²) in [5.41, 5.74) is 1.51. The van der Waals surface area contributed by atoms with E-state index in [4.69, 9.17) is 14.2 Å². The number of benzene rings is 1. The molecule has 1 aromatic heterocycles. The second-order valence-electron chi connectivity index (χ2n) is 6.39. The summed E-state index contributed by atoms with van der Waals surface area (Å²) >= 11 is 0. The van der Waals surface area contributed by atoms with Crippen LogP contribution in [0.15, 0.2) is 30.3 Å². The lowest BCUT2D eigenvalue weighted by Crippen LogP contribution is -2.34. The van der Waals surface area contributed by atoms with Gasteiger partial charge in [-0.2, -0.15) is 0 Å². The molecule has 0 amide bonds. The van der Waals surface area contributed by atoms with Crippen molar-refractivity contribution in [3.63, 3.8) is 0 Å². The third-order valence-electron chi connectivity index (χ3n) is 4.39. The highest BCUT2D eigenvalue weighted by molar-refractivity contribution is 6.04. The number of ether oxygens (including phenoxy) is 3. The fraction of sp³-hybridized carbons (Fsp3) is 0.381. The van der Waals surface area contributed by atoms with E-state index in [9.17, 15) is 14.4 Å². The molecule has 0 saturated heterocycles. The maximum absolute atomic E-state index is 12.7. The molecule has 0 radical (unpaired) electrons. The van der Waals surface area contributed by atoms with Crippen molar-refractivity contribution in [3.8, 4) is 5.75 Å². The number of carbonyl (C=O) groups excluding carboxylic acids is 3. The third kappa shape index (κ3) is 4.60. The summed E-state index contributed by atoms with van der Waals surface area (Å²) in [4.78, 5) is 40.0. The van der Waals surface area contributed by atoms with Crippen molar-refractivity contribution in [1.29, 1.82) is 0 Å². The first-order valence-corrected chi connectivity index (χ1v) is 9.04. The van der Waals surface area contributed by atoms with Crippen LogP contribution in [-0.2, 0) is 14.3 Å². The van der Waals surface area contributed by atoms with Crippen molar-refractivity contribution < 1.29 is 28.6 Å². The Labute approximate surface area is 164 Å². The average Bonchev–Trinajstić information content (AvgIpc) is 2.99. The van der Waals surface area contributed by atoms with E-state index in [0.717, 1.165) is 0 Å². The van der Waals surface area contributed by atoms with Crippen molar-refractivity contribution in [2.75, 3.05) is 7.11 Å². The average molecular weight is 387 g/mol. The van der Waals surface area contributed by atoms with E-state index in [1.165, 1.54) is 14.0 Å². The molecular weight excluding hydrogens is 362 g/mol. The van der Waals surface area contributed by atoms with Gasteiger partial charge in [0.15, 0.2) is 12.2 Å². The fourth-order valence-corrected chi connectivity index (χ4v) is 2.87. The molecule has 0 spiro atoms. The zero-order chi connectivity index (χ0) is 20.8. The number of carbonyl (C=O) groups is 3. The number of para-hydroxylation sites is 1. The first-order valence-electron chi connectivity index (χ1n) is 9.04. The molecule has 0 aliphatic heterocycles. The van der Waals surface area contributed by atoms with Gasteiger partial charge in [-0.25, -0.2) is 9.59 Å². The van der Waals surface area contributed by atoms with Crippen LogP contribution in [-0.4, -0.2) is 42.0 Å². The molecule has 1 aromatic carbocycles. The lowest BCUT2D eigenvalue weighted by molar-refractivity contribution is -0.154. The Hall–Kier alpha value is -3.09. The molecule has 2 aromatic rings. The lowest BCUT2D eigenvalue weighted by Gasteiger charge is -2.19. The van der Waals surface area contributed by atoms with E-state index in [2.05, 4.69) is 4.98 Å². The number of rotatable bonds is 8. The Balaban J connectivity index is 2.11. The first kappa shape index (κ1) is 21.2. The highest BCUT2D eigenvalue weighted by Gasteiger charge is 2.29. The second kappa shape index (κ2) is 9.21. The van der Waals surface area contributed by atoms with Gasteiger partial charge in [-0.15, -0.1) is 0 Å². The van der Waals surface area contributed by atoms with Gasteiger partial charge >= 0.3 is 11.9 Å². The lowest BCUT2D eigenvalue weighted by atomic mass is 10.1. The number of hydrogen-bond acceptors (Lipinski definition) is 6. The van der Waals surface area contributed by atoms with Crippen molar-refractivity contribution in [3.05, 3.63) is 52.8 Å². The van der Waals surface area contributed by atoms with E-state index in [0.29, 0.717) is 29.0 Å². The van der Waals surface area contributed by atoms with E-state index in [-0.39, 0.29) is 5.69 Å². The molecule has 0 fully saturated rings. The number of methoxy groups -OCH3 is 1. The molecular formula is C21H25NO6. The van der Waals surface area contributed by atoms with Gasteiger partial charge < -0.3 is 19.2 Å². The number of aryl methyl sites for hydroxylation is 1. The van der Waals surface area contributed by atoms with Crippen LogP contribution in [0.5, 0.6) is 5.75 Å². The fourth-order valence-electron chi connectivity index (χ4n) is 2.87. The van der Waals surface area contributed by atoms with E-state index >= 15 is 0 Å². The smallest absolute Gasteiger partial charge is 0.348 e. The van der Waals surface area contributed by atoms with Gasteiger partial charge in [-0.3, -0.25) is 4.79 Å². The molecule has 0 aliphatic rings. The van der Waals surface area contributed by atoms with Crippen molar-refractivity contribution in [2.45, 2.75) is 46.3 Å². The largest absolute Gasteiger partial charge is 0.479 e. The van der Waals surface area contributed by atoms with Crippen LogP contribution in [0.1, 0.15) is 52.4 Å². The van der Waals surface area contributed by atoms with E-state index < -0.39 is 29.9 Å². The standard InChI is InChI=1S/C21H25NO6/c1-6-16(28-15-10-8-7-9-11-15)20(24)27-14(4)19(23)18-12(2)17(13(3)22-18)21(25)26-5/h7-11,14,16,22H,6H2,1-5H3/t14-,16+/m1/s1. The maximum Gasteiger partial charge on any atom is 0.348 e. The molecule has 1 heterocycles. The summed E-state index contributed by atoms with van der Waals surface area (Å²) in [6.45, 7) is 6.60. The second-order valence-corrected chi connectivity index (χ2v) is 6.39. The summed E-state index contributed by atoms with van der Waals surface area (Å²) in [7, 11) is 1.28. The molecule has 28 heavy (non-hydrogen) atoms. The van der Waals surface area contributed by atoms with Crippen LogP contribution in [0, 0.1) is 13.8 Å². The van der Waals surface area contributed by atoms with Crippen LogP contribution < -0.4 is 4.74 Å². The minimum absolute atomic E-state index is 0.218. The maximum atomic E-state index is 12.7. The van der Waals surface area contributed by atoms with Gasteiger partial charge in [0, 0.05) is 5.69 Å². The number of ketones is 1. The number of esters is 2. The number of aromatic nitrogens is 1. The van der Waals surface area contributed by atoms with Gasteiger partial charge in [0.2, 0.25) is 5.78 Å². The highest BCUT2D eigenvalue weighted by Crippen LogP contribution is 2.21. The summed E-state index contributed by atoms with van der Waals surface area (Å²) in [6, 6.07) is 8.92. The molecule has 0 unspecified atom stereocenters. The van der Waals surface area contributed by atoms with Gasteiger partial charge in [0.25, 0.3) is 0 Å². The first-order chi connectivity index (χ1) is 13.3. The molecule has 150 valence electrons. The molecule has 0 saturated carbocycles. The third-order valence-corrected chi connectivity index (χ3v) is 4.39. The predicted molar refractivity (Wildman–Crippen MR) is 103 cm³/mol. The van der Waals surface area contributed by atoms with Crippen LogP contribution in [0.3, 0.4) is 0 Å². The van der Waals surface area contributed by atoms with Crippen molar-refractivity contribution in [2.24, 2.45) is 0 Å². The highest BCUT2D eigenvalue weighted by atomic mass is 16.6. The van der Waals surface area contributed by atoms with Crippen LogP contribution in [0.2, 0.25) is 0 Å². The molecule has 1 N–H and O–H groups in total. The number of nitrogens with one attached hydrogen (secondary N) is 1. The Morgan fingerprint density at radius 1 is 1.11 bits per heavy atom. The Kier molecular flexibility index (Phi) is 6.98. The minimum atomic E-state index is -1.04. The number of Topliss-reactive ketones (excluding diaryl/α,β-unsaturated/α-hetero) is 1. The summed E-state index contributed by atoms with van der Waals surface area (Å²) in [6.07, 6.45) is -1.47. The molecule has 2 rings (SSSR count). The van der Waals surface area contributed by atoms with Gasteiger partial charge in [0.05, 0.1) is 18.4 Å². The number of aromatic amines is 1. The van der Waals surface area contributed by atoms with Crippen LogP contribution in [0.25, 0.3) is 0 Å². The normalized spacial score (nSPS) is 12.8. The predicted octanol–water partition coefficient (Wildman–Crippen LogP) is 3.39. The van der Waals surface area contributed by atoms with Crippen molar-refractivity contribution >= 4 is 17.7 Å². The molecule has 2 atom stereocenters. The number of H-pyrrole nitrogens is 1. The summed E-state index contributed by atoms with van der Waals surface area (Å²) < 4.78 is 15.7. The van der Waals surface area contributed by atoms with Crippen molar-refractivity contribution in [1.82, 2.24) is 4.98 Å². The molecule has 0 bridgehead atoms. The number of hydrogen-bond donors (Lipinski definition) is 1. The quantitative estimate of drug-likeness (QED) is 0.551. The van der Waals surface area contributed by atoms with Crippen LogP contribution >= 0.6 is 0 Å². The van der Waals surface area contributed by atoms with E-state index in [1.807, 2.05) is 6.07 Å². The summed E-state index contributed by atoms with van der Waals surface area (Å²) in [5, 5.41) is 0. The minimum Gasteiger partial charge on any atom is -0.479 e. The molecule has 7 nitrogen and oxygen atoms in total. The Bertz CT molecular complexity index is 855. The Morgan fingerprint density at radius 2 is 1.75 bits per heavy atom. The van der Waals surface area contributed by atoms with Crippen LogP contribution in [0.4, 0.5) is 0 Å². The zero-order valence-electron chi connectivity index (χ0n) is 16.7. The monoisotopic (exact) mass is 387 g/mol. The van der Waals surface area contributed by atoms with Gasteiger partial charge in [-0.05, 0) is 44.9 Å². The summed E-state index contributed by atoms with van der Waals surface area (Å²) in [5.74, 6) is -1.04. The zero-order valence-corrected chi connectivity index (χ0v) is 16.7. The van der Waals surface area contributed by atoms with E-state index in [1.54, 1.807) is 45.0 Å². The topological polar surface area (TPSA) is 94.7 Å². The molecule has 7 heteroatoms. The van der Waals surface area contributed by atoms with Gasteiger partial charge in [-0.1, -0.05) is 25.1 Å². The molecule has 0 aliphatic carbocycles. The SMILES string of the molecule is CC[C@H](Oc1ccccc1)C(=O)O[C@H](C)C(=O)c1[nH]c(C)c(C(=O)OC)c1C.